The highest BCUT2D eigenvalue weighted by molar-refractivity contribution is 5.96. The van der Waals surface area contributed by atoms with E-state index < -0.39 is 17.5 Å². The van der Waals surface area contributed by atoms with E-state index in [1.165, 1.54) is 17.7 Å². The third-order valence-electron chi connectivity index (χ3n) is 5.95. The molecule has 184 valence electrons. The van der Waals surface area contributed by atoms with Crippen LogP contribution in [0.3, 0.4) is 0 Å². The van der Waals surface area contributed by atoms with Crippen molar-refractivity contribution in [1.82, 2.24) is 5.32 Å². The van der Waals surface area contributed by atoms with Crippen molar-refractivity contribution in [1.29, 1.82) is 0 Å². The molecular weight excluding hydrogens is 458 g/mol. The molecule has 0 aliphatic rings. The molecule has 0 aliphatic carbocycles. The van der Waals surface area contributed by atoms with Crippen LogP contribution < -0.4 is 20.4 Å². The number of benzene rings is 3. The van der Waals surface area contributed by atoms with Gasteiger partial charge in [-0.05, 0) is 48.4 Å². The summed E-state index contributed by atoms with van der Waals surface area (Å²) >= 11 is 0. The van der Waals surface area contributed by atoms with Gasteiger partial charge in [0.1, 0.15) is 22.6 Å². The average Bonchev–Trinajstić information content (AvgIpc) is 2.88. The van der Waals surface area contributed by atoms with E-state index in [0.29, 0.717) is 17.7 Å². The van der Waals surface area contributed by atoms with Crippen molar-refractivity contribution in [2.45, 2.75) is 26.2 Å². The Morgan fingerprint density at radius 1 is 0.889 bits per heavy atom. The molecule has 0 atom stereocenters. The van der Waals surface area contributed by atoms with Gasteiger partial charge in [0.15, 0.2) is 6.61 Å². The van der Waals surface area contributed by atoms with E-state index in [9.17, 15) is 14.4 Å². The number of carbonyl (C=O) groups is 2. The number of hydrogen-bond acceptors (Lipinski definition) is 6. The fourth-order valence-corrected chi connectivity index (χ4v) is 3.86. The molecule has 0 saturated heterocycles. The van der Waals surface area contributed by atoms with Crippen molar-refractivity contribution in [3.05, 3.63) is 106 Å². The summed E-state index contributed by atoms with van der Waals surface area (Å²) in [6.07, 6.45) is 0. The highest BCUT2D eigenvalue weighted by Gasteiger charge is 2.22. The molecule has 1 amide bonds. The minimum Gasteiger partial charge on any atom is -0.482 e. The molecule has 0 fully saturated rings. The Bertz CT molecular complexity index is 1440. The first kappa shape index (κ1) is 24.7. The van der Waals surface area contributed by atoms with Crippen LogP contribution in [0, 0.1) is 0 Å². The lowest BCUT2D eigenvalue weighted by Gasteiger charge is -2.26. The number of nitrogens with one attached hydrogen (secondary N) is 1. The highest BCUT2D eigenvalue weighted by Crippen LogP contribution is 2.32. The first-order valence-electron chi connectivity index (χ1n) is 11.6. The van der Waals surface area contributed by atoms with Crippen molar-refractivity contribution in [3.63, 3.8) is 0 Å². The quantitative estimate of drug-likeness (QED) is 0.218. The Hall–Kier alpha value is -4.39. The number of hydrogen-bond donors (Lipinski definition) is 1. The van der Waals surface area contributed by atoms with Crippen LogP contribution >= 0.6 is 0 Å². The molecule has 7 nitrogen and oxygen atoms in total. The Kier molecular flexibility index (Phi) is 7.20. The number of ether oxygens (including phenoxy) is 2. The van der Waals surface area contributed by atoms with Crippen LogP contribution in [0.15, 0.2) is 88.1 Å². The summed E-state index contributed by atoms with van der Waals surface area (Å²) in [5.74, 6) is -0.367. The second-order valence-electron chi connectivity index (χ2n) is 8.78. The van der Waals surface area contributed by atoms with E-state index >= 15 is 0 Å². The summed E-state index contributed by atoms with van der Waals surface area (Å²) < 4.78 is 16.2. The molecule has 0 aliphatic heterocycles. The zero-order valence-electron chi connectivity index (χ0n) is 20.4. The van der Waals surface area contributed by atoms with Crippen molar-refractivity contribution in [2.24, 2.45) is 0 Å². The monoisotopic (exact) mass is 485 g/mol. The molecule has 0 saturated carbocycles. The highest BCUT2D eigenvalue weighted by atomic mass is 16.6. The third kappa shape index (κ3) is 5.46. The smallest absolute Gasteiger partial charge is 0.349 e. The van der Waals surface area contributed by atoms with Crippen LogP contribution in [-0.2, 0) is 10.2 Å². The van der Waals surface area contributed by atoms with Crippen molar-refractivity contribution in [2.75, 3.05) is 13.2 Å². The fourth-order valence-electron chi connectivity index (χ4n) is 3.86. The Morgan fingerprint density at radius 3 is 2.25 bits per heavy atom. The minimum atomic E-state index is -0.765. The van der Waals surface area contributed by atoms with Gasteiger partial charge >= 0.3 is 11.6 Å². The fraction of sp³-hybridized carbons (Fsp3) is 0.207. The third-order valence-corrected chi connectivity index (χ3v) is 5.95. The first-order chi connectivity index (χ1) is 17.3. The molecule has 1 heterocycles. The van der Waals surface area contributed by atoms with E-state index in [2.05, 4.69) is 31.3 Å². The van der Waals surface area contributed by atoms with Gasteiger partial charge in [0.25, 0.3) is 5.91 Å². The maximum absolute atomic E-state index is 12.3. The largest absolute Gasteiger partial charge is 0.482 e. The van der Waals surface area contributed by atoms with Crippen molar-refractivity contribution >= 4 is 22.8 Å². The topological polar surface area (TPSA) is 94.8 Å². The summed E-state index contributed by atoms with van der Waals surface area (Å²) in [6, 6.07) is 23.9. The van der Waals surface area contributed by atoms with E-state index in [-0.39, 0.29) is 28.9 Å². The van der Waals surface area contributed by atoms with Gasteiger partial charge in [-0.1, -0.05) is 56.3 Å². The Labute approximate surface area is 208 Å². The van der Waals surface area contributed by atoms with Crippen LogP contribution in [0.25, 0.3) is 11.0 Å². The van der Waals surface area contributed by atoms with Crippen LogP contribution in [0.1, 0.15) is 42.3 Å². The minimum absolute atomic E-state index is 0.0827. The predicted molar refractivity (Wildman–Crippen MR) is 137 cm³/mol. The molecule has 7 heteroatoms. The van der Waals surface area contributed by atoms with Gasteiger partial charge in [0.05, 0.1) is 0 Å². The molecular formula is C29H27NO6. The van der Waals surface area contributed by atoms with Gasteiger partial charge in [-0.25, -0.2) is 9.59 Å². The number of amides is 1. The molecule has 36 heavy (non-hydrogen) atoms. The lowest BCUT2D eigenvalue weighted by Crippen LogP contribution is -2.27. The lowest BCUT2D eigenvalue weighted by atomic mass is 9.78. The molecule has 4 rings (SSSR count). The van der Waals surface area contributed by atoms with E-state index in [4.69, 9.17) is 13.9 Å². The van der Waals surface area contributed by atoms with Gasteiger partial charge in [-0.15, -0.1) is 0 Å². The SMILES string of the molecule is CCNC(=O)c1cc2ccc(OC(=O)COc3ccc(C(C)(C)c4ccccc4)cc3)cc2oc1=O. The Balaban J connectivity index is 1.38. The molecule has 1 N–H and O–H groups in total. The molecule has 0 bridgehead atoms. The predicted octanol–water partition coefficient (Wildman–Crippen LogP) is 4.85. The van der Waals surface area contributed by atoms with Crippen LogP contribution in [0.4, 0.5) is 0 Å². The lowest BCUT2D eigenvalue weighted by molar-refractivity contribution is -0.136. The number of fused-ring (bicyclic) bond motifs is 1. The zero-order chi connectivity index (χ0) is 25.7. The molecule has 3 aromatic carbocycles. The van der Waals surface area contributed by atoms with Gasteiger partial charge in [0, 0.05) is 23.4 Å². The normalized spacial score (nSPS) is 11.2. The number of carbonyl (C=O) groups excluding carboxylic acids is 2. The molecule has 0 unspecified atom stereocenters. The second-order valence-corrected chi connectivity index (χ2v) is 8.78. The first-order valence-corrected chi connectivity index (χ1v) is 11.6. The number of rotatable bonds is 8. The van der Waals surface area contributed by atoms with Crippen molar-refractivity contribution in [3.8, 4) is 11.5 Å². The van der Waals surface area contributed by atoms with Gasteiger partial charge in [-0.3, -0.25) is 4.79 Å². The summed E-state index contributed by atoms with van der Waals surface area (Å²) in [4.78, 5) is 36.5. The van der Waals surface area contributed by atoms with E-state index in [1.54, 1.807) is 19.1 Å². The molecule has 0 radical (unpaired) electrons. The summed E-state index contributed by atoms with van der Waals surface area (Å²) in [7, 11) is 0. The molecule has 1 aromatic heterocycles. The second kappa shape index (κ2) is 10.5. The Morgan fingerprint density at radius 2 is 1.56 bits per heavy atom. The van der Waals surface area contributed by atoms with Crippen LogP contribution in [0.5, 0.6) is 11.5 Å². The van der Waals surface area contributed by atoms with Gasteiger partial charge in [0.2, 0.25) is 0 Å². The molecule has 4 aromatic rings. The maximum atomic E-state index is 12.3. The number of esters is 1. The molecule has 0 spiro atoms. The van der Waals surface area contributed by atoms with Crippen molar-refractivity contribution < 1.29 is 23.5 Å². The van der Waals surface area contributed by atoms with Crippen LogP contribution in [0.2, 0.25) is 0 Å². The summed E-state index contributed by atoms with van der Waals surface area (Å²) in [5.41, 5.74) is 1.51. The standard InChI is InChI=1S/C29H27NO6/c1-4-30-27(32)24-16-19-10-13-23(17-25(19)36-28(24)33)35-26(31)18-34-22-14-11-21(12-15-22)29(2,3)20-8-6-5-7-9-20/h5-17H,4,18H2,1-3H3,(H,30,32). The van der Waals surface area contributed by atoms with Gasteiger partial charge < -0.3 is 19.2 Å². The summed E-state index contributed by atoms with van der Waals surface area (Å²) in [6.45, 7) is 6.17. The van der Waals surface area contributed by atoms with Gasteiger partial charge in [-0.2, -0.15) is 0 Å². The van der Waals surface area contributed by atoms with Crippen LogP contribution in [-0.4, -0.2) is 25.0 Å². The average molecular weight is 486 g/mol. The maximum Gasteiger partial charge on any atom is 0.349 e. The zero-order valence-corrected chi connectivity index (χ0v) is 20.4. The van der Waals surface area contributed by atoms with E-state index in [1.807, 2.05) is 42.5 Å². The van der Waals surface area contributed by atoms with E-state index in [0.717, 1.165) is 5.56 Å². The summed E-state index contributed by atoms with van der Waals surface area (Å²) in [5, 5.41) is 3.10.